The Labute approximate surface area is 137 Å². The SMILES string of the molecule is C=CCC1CCC(C2CCC(c3ccc(C)cc3)CC2)CC1. The van der Waals surface area contributed by atoms with E-state index in [9.17, 15) is 0 Å². The lowest BCUT2D eigenvalue weighted by molar-refractivity contribution is 0.160. The quantitative estimate of drug-likeness (QED) is 0.545. The van der Waals surface area contributed by atoms with Crippen LogP contribution in [0.5, 0.6) is 0 Å². The molecule has 22 heavy (non-hydrogen) atoms. The fourth-order valence-electron chi connectivity index (χ4n) is 4.89. The molecule has 1 aromatic carbocycles. The second-order valence-electron chi connectivity index (χ2n) is 7.83. The molecule has 0 aromatic heterocycles. The van der Waals surface area contributed by atoms with Crippen molar-refractivity contribution < 1.29 is 0 Å². The van der Waals surface area contributed by atoms with Gasteiger partial charge in [-0.25, -0.2) is 0 Å². The molecule has 120 valence electrons. The first-order valence-electron chi connectivity index (χ1n) is 9.43. The van der Waals surface area contributed by atoms with E-state index in [0.29, 0.717) is 0 Å². The van der Waals surface area contributed by atoms with Gasteiger partial charge in [-0.05, 0) is 93.9 Å². The lowest BCUT2D eigenvalue weighted by atomic mass is 9.68. The van der Waals surface area contributed by atoms with Crippen LogP contribution in [0, 0.1) is 24.7 Å². The van der Waals surface area contributed by atoms with Crippen LogP contribution in [-0.2, 0) is 0 Å². The van der Waals surface area contributed by atoms with Gasteiger partial charge in [0.25, 0.3) is 0 Å². The zero-order valence-corrected chi connectivity index (χ0v) is 14.3. The fourth-order valence-corrected chi connectivity index (χ4v) is 4.89. The summed E-state index contributed by atoms with van der Waals surface area (Å²) in [5, 5.41) is 0. The molecule has 3 rings (SSSR count). The van der Waals surface area contributed by atoms with Crippen LogP contribution in [0.4, 0.5) is 0 Å². The Morgan fingerprint density at radius 1 is 0.864 bits per heavy atom. The van der Waals surface area contributed by atoms with Gasteiger partial charge in [0.1, 0.15) is 0 Å². The second kappa shape index (κ2) is 7.49. The molecule has 0 N–H and O–H groups in total. The van der Waals surface area contributed by atoms with Crippen molar-refractivity contribution in [3.05, 3.63) is 48.0 Å². The molecule has 0 amide bonds. The first-order valence-corrected chi connectivity index (χ1v) is 9.43. The molecule has 2 aliphatic rings. The molecule has 0 atom stereocenters. The summed E-state index contributed by atoms with van der Waals surface area (Å²) in [6.45, 7) is 6.09. The molecule has 2 fully saturated rings. The monoisotopic (exact) mass is 296 g/mol. The normalized spacial score (nSPS) is 32.6. The Morgan fingerprint density at radius 3 is 1.95 bits per heavy atom. The number of rotatable bonds is 4. The Kier molecular flexibility index (Phi) is 5.39. The predicted octanol–water partition coefficient (Wildman–Crippen LogP) is 6.65. The van der Waals surface area contributed by atoms with Crippen molar-refractivity contribution in [3.63, 3.8) is 0 Å². The van der Waals surface area contributed by atoms with Gasteiger partial charge in [0.15, 0.2) is 0 Å². The van der Waals surface area contributed by atoms with Crippen molar-refractivity contribution in [2.45, 2.75) is 70.6 Å². The molecule has 0 spiro atoms. The second-order valence-corrected chi connectivity index (χ2v) is 7.83. The van der Waals surface area contributed by atoms with E-state index in [1.807, 2.05) is 0 Å². The number of hydrogen-bond acceptors (Lipinski definition) is 0. The maximum atomic E-state index is 3.91. The minimum absolute atomic E-state index is 0.828. The van der Waals surface area contributed by atoms with Crippen LogP contribution in [0.1, 0.15) is 74.8 Å². The molecule has 0 heteroatoms. The van der Waals surface area contributed by atoms with Gasteiger partial charge in [0.2, 0.25) is 0 Å². The number of allylic oxidation sites excluding steroid dienone is 1. The first-order chi connectivity index (χ1) is 10.8. The Morgan fingerprint density at radius 2 is 1.41 bits per heavy atom. The van der Waals surface area contributed by atoms with E-state index in [-0.39, 0.29) is 0 Å². The minimum atomic E-state index is 0.828. The van der Waals surface area contributed by atoms with E-state index in [4.69, 9.17) is 0 Å². The topological polar surface area (TPSA) is 0 Å². The van der Waals surface area contributed by atoms with Crippen LogP contribution in [-0.4, -0.2) is 0 Å². The van der Waals surface area contributed by atoms with Gasteiger partial charge in [0.05, 0.1) is 0 Å². The Hall–Kier alpha value is -1.04. The molecule has 2 aliphatic carbocycles. The van der Waals surface area contributed by atoms with Crippen molar-refractivity contribution in [2.75, 3.05) is 0 Å². The Bertz CT molecular complexity index is 453. The average molecular weight is 296 g/mol. The van der Waals surface area contributed by atoms with Crippen LogP contribution in [0.2, 0.25) is 0 Å². The number of benzene rings is 1. The molecular formula is C22H32. The lowest BCUT2D eigenvalue weighted by Gasteiger charge is -2.38. The zero-order chi connectivity index (χ0) is 15.4. The van der Waals surface area contributed by atoms with E-state index >= 15 is 0 Å². The van der Waals surface area contributed by atoms with Crippen LogP contribution >= 0.6 is 0 Å². The summed E-state index contributed by atoms with van der Waals surface area (Å²) in [5.41, 5.74) is 2.97. The molecule has 0 heterocycles. The highest BCUT2D eigenvalue weighted by Crippen LogP contribution is 2.44. The van der Waals surface area contributed by atoms with Crippen LogP contribution in [0.25, 0.3) is 0 Å². The standard InChI is InChI=1S/C22H32/c1-3-4-18-7-11-20(12-8-18)22-15-13-21(14-16-22)19-9-5-17(2)6-10-19/h3,5-6,9-10,18,20-22H,1,4,7-8,11-16H2,2H3. The smallest absolute Gasteiger partial charge is 0.0162 e. The lowest BCUT2D eigenvalue weighted by Crippen LogP contribution is -2.25. The minimum Gasteiger partial charge on any atom is -0.103 e. The highest BCUT2D eigenvalue weighted by atomic mass is 14.4. The summed E-state index contributed by atoms with van der Waals surface area (Å²) in [6, 6.07) is 9.28. The molecule has 1 aromatic rings. The summed E-state index contributed by atoms with van der Waals surface area (Å²) >= 11 is 0. The summed E-state index contributed by atoms with van der Waals surface area (Å²) in [5.74, 6) is 3.82. The van der Waals surface area contributed by atoms with Gasteiger partial charge in [-0.2, -0.15) is 0 Å². The summed E-state index contributed by atoms with van der Waals surface area (Å²) < 4.78 is 0. The number of aryl methyl sites for hydroxylation is 1. The van der Waals surface area contributed by atoms with Gasteiger partial charge in [-0.15, -0.1) is 6.58 Å². The van der Waals surface area contributed by atoms with Crippen molar-refractivity contribution in [3.8, 4) is 0 Å². The van der Waals surface area contributed by atoms with Gasteiger partial charge in [-0.1, -0.05) is 35.9 Å². The highest BCUT2D eigenvalue weighted by Gasteiger charge is 2.30. The molecule has 0 saturated heterocycles. The van der Waals surface area contributed by atoms with E-state index < -0.39 is 0 Å². The predicted molar refractivity (Wildman–Crippen MR) is 96.1 cm³/mol. The van der Waals surface area contributed by atoms with Crippen LogP contribution in [0.15, 0.2) is 36.9 Å². The molecule has 2 saturated carbocycles. The molecule has 0 bridgehead atoms. The summed E-state index contributed by atoms with van der Waals surface area (Å²) in [6.07, 6.45) is 15.0. The van der Waals surface area contributed by atoms with Crippen molar-refractivity contribution in [1.82, 2.24) is 0 Å². The van der Waals surface area contributed by atoms with Gasteiger partial charge < -0.3 is 0 Å². The average Bonchev–Trinajstić information content (AvgIpc) is 2.57. The van der Waals surface area contributed by atoms with Crippen molar-refractivity contribution in [1.29, 1.82) is 0 Å². The maximum Gasteiger partial charge on any atom is -0.0162 e. The first kappa shape index (κ1) is 15.8. The van der Waals surface area contributed by atoms with Crippen molar-refractivity contribution in [2.24, 2.45) is 17.8 Å². The van der Waals surface area contributed by atoms with E-state index in [1.165, 1.54) is 63.4 Å². The summed E-state index contributed by atoms with van der Waals surface area (Å²) in [7, 11) is 0. The molecule has 0 nitrogen and oxygen atoms in total. The third-order valence-corrected chi connectivity index (χ3v) is 6.38. The van der Waals surface area contributed by atoms with Gasteiger partial charge in [-0.3, -0.25) is 0 Å². The number of hydrogen-bond donors (Lipinski definition) is 0. The Balaban J connectivity index is 1.48. The molecular weight excluding hydrogens is 264 g/mol. The highest BCUT2D eigenvalue weighted by molar-refractivity contribution is 5.24. The largest absolute Gasteiger partial charge is 0.103 e. The van der Waals surface area contributed by atoms with E-state index in [2.05, 4.69) is 43.8 Å². The fraction of sp³-hybridized carbons (Fsp3) is 0.636. The molecule has 0 radical (unpaired) electrons. The van der Waals surface area contributed by atoms with E-state index in [0.717, 1.165) is 23.7 Å². The zero-order valence-electron chi connectivity index (χ0n) is 14.3. The third-order valence-electron chi connectivity index (χ3n) is 6.38. The third kappa shape index (κ3) is 3.83. The van der Waals surface area contributed by atoms with Gasteiger partial charge in [0, 0.05) is 0 Å². The summed E-state index contributed by atoms with van der Waals surface area (Å²) in [4.78, 5) is 0. The molecule has 0 unspecified atom stereocenters. The molecule has 0 aliphatic heterocycles. The van der Waals surface area contributed by atoms with E-state index in [1.54, 1.807) is 5.56 Å². The maximum absolute atomic E-state index is 3.91. The van der Waals surface area contributed by atoms with Gasteiger partial charge >= 0.3 is 0 Å². The van der Waals surface area contributed by atoms with Crippen LogP contribution < -0.4 is 0 Å². The van der Waals surface area contributed by atoms with Crippen molar-refractivity contribution >= 4 is 0 Å². The van der Waals surface area contributed by atoms with Crippen LogP contribution in [0.3, 0.4) is 0 Å².